The number of ether oxygens (including phenoxy) is 2. The Morgan fingerprint density at radius 3 is 2.70 bits per heavy atom. The molecule has 0 bridgehead atoms. The van der Waals surface area contributed by atoms with Gasteiger partial charge in [0.25, 0.3) is 5.91 Å². The van der Waals surface area contributed by atoms with Crippen molar-refractivity contribution in [1.82, 2.24) is 4.57 Å². The molecule has 1 atom stereocenters. The first-order chi connectivity index (χ1) is 13.0. The Balaban J connectivity index is 1.80. The highest BCUT2D eigenvalue weighted by Crippen LogP contribution is 2.33. The minimum atomic E-state index is -0.489. The van der Waals surface area contributed by atoms with Crippen molar-refractivity contribution in [3.63, 3.8) is 0 Å². The Morgan fingerprint density at radius 2 is 2.00 bits per heavy atom. The molecule has 27 heavy (non-hydrogen) atoms. The van der Waals surface area contributed by atoms with Crippen LogP contribution in [0.4, 0.5) is 5.69 Å². The standard InChI is InChI=1S/C20H17ClN2O4/c1-11-9-23-10-14(20(25)22-12-3-5-13(26-2)6-4-12)19(24)17-15(21)7-8-16(27-11)18(17)23/h3-8,10-11H,9H2,1-2H3,(H,22,25)/t11-/m0/s1. The number of halogens is 1. The van der Waals surface area contributed by atoms with Gasteiger partial charge in [-0.2, -0.15) is 0 Å². The summed E-state index contributed by atoms with van der Waals surface area (Å²) < 4.78 is 12.8. The van der Waals surface area contributed by atoms with E-state index in [0.29, 0.717) is 39.7 Å². The quantitative estimate of drug-likeness (QED) is 0.747. The maximum atomic E-state index is 13.0. The third kappa shape index (κ3) is 3.02. The van der Waals surface area contributed by atoms with E-state index in [9.17, 15) is 9.59 Å². The van der Waals surface area contributed by atoms with Crippen molar-refractivity contribution in [3.8, 4) is 11.5 Å². The van der Waals surface area contributed by atoms with Crippen LogP contribution in [0.25, 0.3) is 10.9 Å². The van der Waals surface area contributed by atoms with Crippen LogP contribution in [0.15, 0.2) is 47.4 Å². The molecule has 138 valence electrons. The summed E-state index contributed by atoms with van der Waals surface area (Å²) in [5.41, 5.74) is 0.797. The summed E-state index contributed by atoms with van der Waals surface area (Å²) >= 11 is 6.28. The van der Waals surface area contributed by atoms with Gasteiger partial charge in [0.05, 0.1) is 29.6 Å². The summed E-state index contributed by atoms with van der Waals surface area (Å²) in [5, 5.41) is 3.34. The van der Waals surface area contributed by atoms with E-state index >= 15 is 0 Å². The number of benzene rings is 2. The van der Waals surface area contributed by atoms with Gasteiger partial charge in [-0.15, -0.1) is 0 Å². The lowest BCUT2D eigenvalue weighted by molar-refractivity contribution is 0.102. The van der Waals surface area contributed by atoms with E-state index in [1.54, 1.807) is 49.7 Å². The topological polar surface area (TPSA) is 69.6 Å². The van der Waals surface area contributed by atoms with E-state index in [-0.39, 0.29) is 11.7 Å². The molecule has 7 heteroatoms. The molecule has 1 N–H and O–H groups in total. The van der Waals surface area contributed by atoms with Crippen molar-refractivity contribution < 1.29 is 14.3 Å². The monoisotopic (exact) mass is 384 g/mol. The molecule has 6 nitrogen and oxygen atoms in total. The molecule has 1 aliphatic rings. The number of pyridine rings is 1. The van der Waals surface area contributed by atoms with E-state index in [1.165, 1.54) is 0 Å². The van der Waals surface area contributed by atoms with Crippen molar-refractivity contribution in [3.05, 3.63) is 63.4 Å². The van der Waals surface area contributed by atoms with Crippen molar-refractivity contribution >= 4 is 34.1 Å². The first-order valence-corrected chi connectivity index (χ1v) is 8.83. The number of nitrogens with zero attached hydrogens (tertiary/aromatic N) is 1. The minimum absolute atomic E-state index is 0.0338. The number of hydrogen-bond donors (Lipinski definition) is 1. The lowest BCUT2D eigenvalue weighted by Gasteiger charge is -2.26. The number of rotatable bonds is 3. The van der Waals surface area contributed by atoms with Crippen molar-refractivity contribution in [1.29, 1.82) is 0 Å². The minimum Gasteiger partial charge on any atom is -0.497 e. The summed E-state index contributed by atoms with van der Waals surface area (Å²) in [6.07, 6.45) is 1.49. The van der Waals surface area contributed by atoms with Gasteiger partial charge >= 0.3 is 0 Å². The van der Waals surface area contributed by atoms with E-state index in [2.05, 4.69) is 5.32 Å². The molecular weight excluding hydrogens is 368 g/mol. The zero-order chi connectivity index (χ0) is 19.1. The zero-order valence-electron chi connectivity index (χ0n) is 14.8. The number of hydrogen-bond acceptors (Lipinski definition) is 4. The van der Waals surface area contributed by atoms with Crippen LogP contribution in [-0.4, -0.2) is 23.7 Å². The van der Waals surface area contributed by atoms with Crippen LogP contribution < -0.4 is 20.2 Å². The summed E-state index contributed by atoms with van der Waals surface area (Å²) in [7, 11) is 1.57. The Labute approximate surface area is 160 Å². The Hall–Kier alpha value is -2.99. The molecule has 2 aromatic carbocycles. The van der Waals surface area contributed by atoms with Crippen LogP contribution in [0.5, 0.6) is 11.5 Å². The van der Waals surface area contributed by atoms with E-state index < -0.39 is 11.3 Å². The van der Waals surface area contributed by atoms with Gasteiger partial charge in [-0.1, -0.05) is 11.6 Å². The molecule has 0 radical (unpaired) electrons. The lowest BCUT2D eigenvalue weighted by atomic mass is 10.1. The van der Waals surface area contributed by atoms with E-state index in [0.717, 1.165) is 0 Å². The molecule has 1 aliphatic heterocycles. The fraction of sp³-hybridized carbons (Fsp3) is 0.200. The second kappa shape index (κ2) is 6.63. The van der Waals surface area contributed by atoms with Crippen molar-refractivity contribution in [2.24, 2.45) is 0 Å². The fourth-order valence-electron chi connectivity index (χ4n) is 3.27. The van der Waals surface area contributed by atoms with Gasteiger partial charge in [0, 0.05) is 11.9 Å². The molecule has 2 heterocycles. The SMILES string of the molecule is COc1ccc(NC(=O)c2cn3c4c(ccc(Cl)c4c2=O)O[C@@H](C)C3)cc1. The van der Waals surface area contributed by atoms with Crippen LogP contribution in [0, 0.1) is 0 Å². The number of carbonyl (C=O) groups is 1. The van der Waals surface area contributed by atoms with Crippen LogP contribution >= 0.6 is 11.6 Å². The first kappa shape index (κ1) is 17.4. The summed E-state index contributed by atoms with van der Waals surface area (Å²) in [5.74, 6) is 0.778. The van der Waals surface area contributed by atoms with Gasteiger partial charge in [-0.25, -0.2) is 0 Å². The molecule has 1 aromatic heterocycles. The second-order valence-corrected chi connectivity index (χ2v) is 6.81. The van der Waals surface area contributed by atoms with Crippen LogP contribution in [0.1, 0.15) is 17.3 Å². The van der Waals surface area contributed by atoms with Gasteiger partial charge in [-0.3, -0.25) is 9.59 Å². The summed E-state index contributed by atoms with van der Waals surface area (Å²) in [4.78, 5) is 25.7. The normalized spacial score (nSPS) is 15.3. The van der Waals surface area contributed by atoms with Crippen molar-refractivity contribution in [2.75, 3.05) is 12.4 Å². The average Bonchev–Trinajstić information content (AvgIpc) is 2.66. The highest BCUT2D eigenvalue weighted by atomic mass is 35.5. The van der Waals surface area contributed by atoms with Crippen LogP contribution in [-0.2, 0) is 6.54 Å². The first-order valence-electron chi connectivity index (χ1n) is 8.45. The highest BCUT2D eigenvalue weighted by molar-refractivity contribution is 6.35. The van der Waals surface area contributed by atoms with Gasteiger partial charge in [0.15, 0.2) is 0 Å². The third-order valence-electron chi connectivity index (χ3n) is 4.51. The predicted octanol–water partition coefficient (Wildman–Crippen LogP) is 3.70. The number of nitrogens with one attached hydrogen (secondary N) is 1. The van der Waals surface area contributed by atoms with E-state index in [4.69, 9.17) is 21.1 Å². The second-order valence-electron chi connectivity index (χ2n) is 6.40. The molecule has 0 fully saturated rings. The Morgan fingerprint density at radius 1 is 1.26 bits per heavy atom. The molecule has 0 spiro atoms. The maximum Gasteiger partial charge on any atom is 0.261 e. The van der Waals surface area contributed by atoms with Crippen LogP contribution in [0.3, 0.4) is 0 Å². The van der Waals surface area contributed by atoms with Gasteiger partial charge in [-0.05, 0) is 43.3 Å². The summed E-state index contributed by atoms with van der Waals surface area (Å²) in [6, 6.07) is 10.2. The number of amides is 1. The number of carbonyl (C=O) groups excluding carboxylic acids is 1. The molecule has 4 rings (SSSR count). The predicted molar refractivity (Wildman–Crippen MR) is 104 cm³/mol. The largest absolute Gasteiger partial charge is 0.497 e. The fourth-order valence-corrected chi connectivity index (χ4v) is 3.51. The average molecular weight is 385 g/mol. The lowest BCUT2D eigenvalue weighted by Crippen LogP contribution is -2.30. The van der Waals surface area contributed by atoms with Gasteiger partial charge in [0.2, 0.25) is 5.43 Å². The van der Waals surface area contributed by atoms with Gasteiger partial charge in [0.1, 0.15) is 23.2 Å². The zero-order valence-corrected chi connectivity index (χ0v) is 15.5. The molecule has 0 saturated heterocycles. The molecule has 3 aromatic rings. The smallest absolute Gasteiger partial charge is 0.261 e. The molecule has 0 aliphatic carbocycles. The number of aromatic nitrogens is 1. The van der Waals surface area contributed by atoms with Crippen molar-refractivity contribution in [2.45, 2.75) is 19.6 Å². The highest BCUT2D eigenvalue weighted by Gasteiger charge is 2.24. The molecule has 1 amide bonds. The van der Waals surface area contributed by atoms with Crippen LogP contribution in [0.2, 0.25) is 5.02 Å². The third-order valence-corrected chi connectivity index (χ3v) is 4.82. The molecular formula is C20H17ClN2O4. The van der Waals surface area contributed by atoms with Gasteiger partial charge < -0.3 is 19.4 Å². The molecule has 0 saturated carbocycles. The Kier molecular flexibility index (Phi) is 4.28. The summed E-state index contributed by atoms with van der Waals surface area (Å²) in [6.45, 7) is 2.45. The Bertz CT molecular complexity index is 1110. The van der Waals surface area contributed by atoms with E-state index in [1.807, 2.05) is 11.5 Å². The maximum absolute atomic E-state index is 13.0. The molecule has 0 unspecified atom stereocenters. The number of anilines is 1. The number of methoxy groups -OCH3 is 1.